The Morgan fingerprint density at radius 2 is 1.98 bits per heavy atom. The number of halogens is 3. The lowest BCUT2D eigenvalue weighted by Gasteiger charge is -2.33. The first-order valence-corrected chi connectivity index (χ1v) is 14.3. The number of carbonyl (C=O) groups is 3. The van der Waals surface area contributed by atoms with E-state index in [1.807, 2.05) is 7.05 Å². The molecule has 12 heteroatoms. The van der Waals surface area contributed by atoms with E-state index in [4.69, 9.17) is 0 Å². The highest BCUT2D eigenvalue weighted by Gasteiger charge is 2.51. The molecule has 3 amide bonds. The number of likely N-dealkylation sites (tertiary alicyclic amines) is 2. The Morgan fingerprint density at radius 1 is 1.24 bits per heavy atom. The molecular formula is C29H32F3N5O3S. The van der Waals surface area contributed by atoms with Crippen molar-refractivity contribution in [1.29, 1.82) is 0 Å². The van der Waals surface area contributed by atoms with Crippen LogP contribution in [0.2, 0.25) is 0 Å². The Kier molecular flexibility index (Phi) is 7.44. The Bertz CT molecular complexity index is 1550. The fourth-order valence-electron chi connectivity index (χ4n) is 5.57. The van der Waals surface area contributed by atoms with Crippen LogP contribution in [0.4, 0.5) is 13.2 Å². The first-order valence-electron chi connectivity index (χ1n) is 13.5. The number of likely N-dealkylation sites (N-methyl/N-ethyl adjacent to an activating group) is 1. The van der Waals surface area contributed by atoms with Crippen LogP contribution in [0.1, 0.15) is 60.1 Å². The Balaban J connectivity index is 1.61. The summed E-state index contributed by atoms with van der Waals surface area (Å²) in [6.45, 7) is 7.68. The molecule has 41 heavy (non-hydrogen) atoms. The predicted molar refractivity (Wildman–Crippen MR) is 149 cm³/mol. The lowest BCUT2D eigenvalue weighted by atomic mass is 9.82. The molecule has 2 aliphatic heterocycles. The quantitative estimate of drug-likeness (QED) is 0.421. The van der Waals surface area contributed by atoms with Crippen molar-refractivity contribution in [2.75, 3.05) is 20.1 Å². The minimum Gasteiger partial charge on any atom is -0.337 e. The van der Waals surface area contributed by atoms with Crippen LogP contribution >= 0.6 is 11.3 Å². The Morgan fingerprint density at radius 3 is 2.61 bits per heavy atom. The third-order valence-corrected chi connectivity index (χ3v) is 9.53. The van der Waals surface area contributed by atoms with Gasteiger partial charge in [-0.15, -0.1) is 11.3 Å². The van der Waals surface area contributed by atoms with E-state index in [9.17, 15) is 27.6 Å². The van der Waals surface area contributed by atoms with Crippen molar-refractivity contribution < 1.29 is 27.6 Å². The summed E-state index contributed by atoms with van der Waals surface area (Å²) in [6.07, 6.45) is -1.57. The van der Waals surface area contributed by atoms with Crippen molar-refractivity contribution in [3.8, 4) is 11.3 Å². The predicted octanol–water partition coefficient (Wildman–Crippen LogP) is 5.04. The number of hydrogen-bond acceptors (Lipinski definition) is 7. The topological polar surface area (TPSA) is 95.5 Å². The zero-order chi connectivity index (χ0) is 29.9. The third kappa shape index (κ3) is 5.12. The number of aromatic nitrogens is 2. The summed E-state index contributed by atoms with van der Waals surface area (Å²) < 4.78 is 42.3. The molecule has 0 aromatic carbocycles. The van der Waals surface area contributed by atoms with Gasteiger partial charge in [-0.3, -0.25) is 24.3 Å². The Labute approximate surface area is 239 Å². The highest BCUT2D eigenvalue weighted by molar-refractivity contribution is 7.19. The van der Waals surface area contributed by atoms with Crippen molar-refractivity contribution in [2.45, 2.75) is 59.3 Å². The number of thiophene rings is 1. The van der Waals surface area contributed by atoms with Gasteiger partial charge in [-0.05, 0) is 50.6 Å². The summed E-state index contributed by atoms with van der Waals surface area (Å²) in [5.74, 6) is -1.38. The maximum Gasteiger partial charge on any atom is 0.433 e. The second kappa shape index (κ2) is 10.5. The molecule has 3 aromatic rings. The number of fused-ring (bicyclic) bond motifs is 1. The van der Waals surface area contributed by atoms with Gasteiger partial charge in [0.1, 0.15) is 5.69 Å². The van der Waals surface area contributed by atoms with Gasteiger partial charge in [0.25, 0.3) is 5.91 Å². The number of alkyl halides is 3. The summed E-state index contributed by atoms with van der Waals surface area (Å²) in [4.78, 5) is 51.6. The molecule has 3 aromatic heterocycles. The Hall–Kier alpha value is -3.38. The normalized spacial score (nSPS) is 21.3. The van der Waals surface area contributed by atoms with Crippen LogP contribution in [0.3, 0.4) is 0 Å². The van der Waals surface area contributed by atoms with E-state index >= 15 is 0 Å². The first-order chi connectivity index (χ1) is 19.2. The molecule has 0 saturated carbocycles. The fraction of sp³-hybridized carbons (Fsp3) is 0.483. The summed E-state index contributed by atoms with van der Waals surface area (Å²) in [6, 6.07) is 4.30. The van der Waals surface area contributed by atoms with Crippen LogP contribution in [0.5, 0.6) is 0 Å². The zero-order valence-corrected chi connectivity index (χ0v) is 24.4. The maximum absolute atomic E-state index is 13.9. The van der Waals surface area contributed by atoms with Crippen molar-refractivity contribution in [3.05, 3.63) is 46.1 Å². The SMILES string of the molecule is CN[C@H]1CCCN(C(=O)c2c(C)cc(C(F)(F)F)nc2-c2ccnc3cc(CN4C(=O)C(C)C(C)(C)C4=O)sc23)C1. The molecule has 0 spiro atoms. The molecule has 2 aliphatic rings. The van der Waals surface area contributed by atoms with Gasteiger partial charge in [-0.25, -0.2) is 4.98 Å². The number of hydrogen-bond donors (Lipinski definition) is 1. The molecule has 2 atom stereocenters. The molecule has 2 fully saturated rings. The molecule has 218 valence electrons. The van der Waals surface area contributed by atoms with Crippen LogP contribution in [0, 0.1) is 18.3 Å². The molecule has 0 aliphatic carbocycles. The maximum atomic E-state index is 13.9. The van der Waals surface area contributed by atoms with Crippen molar-refractivity contribution >= 4 is 39.3 Å². The minimum atomic E-state index is -4.71. The summed E-state index contributed by atoms with van der Waals surface area (Å²) in [5, 5.41) is 3.18. The van der Waals surface area contributed by atoms with Gasteiger partial charge >= 0.3 is 6.18 Å². The van der Waals surface area contributed by atoms with Crippen molar-refractivity contribution in [3.63, 3.8) is 0 Å². The van der Waals surface area contributed by atoms with E-state index in [1.165, 1.54) is 29.4 Å². The number of rotatable bonds is 5. The molecule has 0 radical (unpaired) electrons. The van der Waals surface area contributed by atoms with Crippen molar-refractivity contribution in [2.24, 2.45) is 11.3 Å². The molecule has 8 nitrogen and oxygen atoms in total. The smallest absolute Gasteiger partial charge is 0.337 e. The lowest BCUT2D eigenvalue weighted by Crippen LogP contribution is -2.47. The van der Waals surface area contributed by atoms with Gasteiger partial charge in [0.2, 0.25) is 11.8 Å². The molecule has 1 N–H and O–H groups in total. The number of imide groups is 1. The second-order valence-corrected chi connectivity index (χ2v) is 12.5. The van der Waals surface area contributed by atoms with Gasteiger partial charge in [0.15, 0.2) is 0 Å². The van der Waals surface area contributed by atoms with E-state index in [2.05, 4.69) is 15.3 Å². The fourth-order valence-corrected chi connectivity index (χ4v) is 6.69. The molecule has 0 bridgehead atoms. The number of amides is 3. The van der Waals surface area contributed by atoms with E-state index in [0.29, 0.717) is 33.7 Å². The van der Waals surface area contributed by atoms with Crippen LogP contribution in [-0.4, -0.2) is 63.7 Å². The van der Waals surface area contributed by atoms with Gasteiger partial charge in [0, 0.05) is 41.7 Å². The lowest BCUT2D eigenvalue weighted by molar-refractivity contribution is -0.142. The van der Waals surface area contributed by atoms with Gasteiger partial charge in [0.05, 0.1) is 33.4 Å². The van der Waals surface area contributed by atoms with Gasteiger partial charge < -0.3 is 10.2 Å². The average molecular weight is 588 g/mol. The second-order valence-electron chi connectivity index (χ2n) is 11.4. The van der Waals surface area contributed by atoms with Crippen LogP contribution < -0.4 is 5.32 Å². The summed E-state index contributed by atoms with van der Waals surface area (Å²) in [7, 11) is 1.82. The average Bonchev–Trinajstić information content (AvgIpc) is 3.41. The van der Waals surface area contributed by atoms with Crippen LogP contribution in [0.15, 0.2) is 24.4 Å². The van der Waals surface area contributed by atoms with E-state index < -0.39 is 23.2 Å². The number of aryl methyl sites for hydroxylation is 1. The van der Waals surface area contributed by atoms with Crippen LogP contribution in [-0.2, 0) is 22.3 Å². The number of pyridine rings is 2. The van der Waals surface area contributed by atoms with Crippen LogP contribution in [0.25, 0.3) is 21.5 Å². The number of piperidine rings is 1. The molecular weight excluding hydrogens is 555 g/mol. The summed E-state index contributed by atoms with van der Waals surface area (Å²) in [5.41, 5.74) is -0.830. The van der Waals surface area contributed by atoms with E-state index in [-0.39, 0.29) is 47.1 Å². The monoisotopic (exact) mass is 587 g/mol. The number of carbonyl (C=O) groups excluding carboxylic acids is 3. The van der Waals surface area contributed by atoms with Gasteiger partial charge in [-0.1, -0.05) is 20.8 Å². The van der Waals surface area contributed by atoms with Gasteiger partial charge in [-0.2, -0.15) is 13.2 Å². The van der Waals surface area contributed by atoms with E-state index in [0.717, 1.165) is 18.9 Å². The molecule has 2 saturated heterocycles. The highest BCUT2D eigenvalue weighted by Crippen LogP contribution is 2.41. The number of nitrogens with zero attached hydrogens (tertiary/aromatic N) is 4. The standard InChI is InChI=1S/C29H32F3N5O3S/c1-15-11-21(29(30,31)32)35-23(22(15)26(39)36-10-6-7-17(13-36)33-5)19-8-9-34-20-12-18(41-24(19)20)14-37-25(38)16(2)28(3,4)27(37)40/h8-9,11-12,16-17,33H,6-7,10,13-14H2,1-5H3/t16?,17-/m0/s1. The number of nitrogens with one attached hydrogen (secondary N) is 1. The zero-order valence-electron chi connectivity index (χ0n) is 23.6. The summed E-state index contributed by atoms with van der Waals surface area (Å²) >= 11 is 1.23. The molecule has 1 unspecified atom stereocenters. The minimum absolute atomic E-state index is 0.0337. The third-order valence-electron chi connectivity index (χ3n) is 8.39. The van der Waals surface area contributed by atoms with Crippen molar-refractivity contribution in [1.82, 2.24) is 25.1 Å². The first kappa shape index (κ1) is 29.1. The highest BCUT2D eigenvalue weighted by atomic mass is 32.1. The molecule has 5 heterocycles. The largest absolute Gasteiger partial charge is 0.433 e. The molecule has 5 rings (SSSR count). The van der Waals surface area contributed by atoms with E-state index in [1.54, 1.807) is 37.8 Å².